The Morgan fingerprint density at radius 3 is 2.39 bits per heavy atom. The molecule has 0 aliphatic heterocycles. The lowest BCUT2D eigenvalue weighted by atomic mass is 10.1. The van der Waals surface area contributed by atoms with Gasteiger partial charge in [0, 0.05) is 18.2 Å². The molecule has 0 radical (unpaired) electrons. The van der Waals surface area contributed by atoms with Gasteiger partial charge in [0.05, 0.1) is 22.5 Å². The summed E-state index contributed by atoms with van der Waals surface area (Å²) in [4.78, 5) is 27.4. The molecule has 0 bridgehead atoms. The number of amides is 1. The van der Waals surface area contributed by atoms with E-state index in [9.17, 15) is 14.9 Å². The Balaban J connectivity index is 1.48. The predicted molar refractivity (Wildman–Crippen MR) is 120 cm³/mol. The van der Waals surface area contributed by atoms with Gasteiger partial charge in [-0.2, -0.15) is 0 Å². The van der Waals surface area contributed by atoms with Gasteiger partial charge in [0.15, 0.2) is 0 Å². The van der Waals surface area contributed by atoms with E-state index in [1.807, 2.05) is 24.3 Å². The Kier molecular flexibility index (Phi) is 7.10. The van der Waals surface area contributed by atoms with Gasteiger partial charge in [0.25, 0.3) is 5.69 Å². The normalized spacial score (nSPS) is 11.0. The number of nitrogens with zero attached hydrogens (tertiary/aromatic N) is 2. The summed E-state index contributed by atoms with van der Waals surface area (Å²) in [6, 6.07) is 20.5. The molecule has 0 unspecified atom stereocenters. The van der Waals surface area contributed by atoms with E-state index in [1.54, 1.807) is 48.7 Å². The Hall–Kier alpha value is -4.46. The molecule has 0 aromatic heterocycles. The molecule has 3 aromatic rings. The number of nitrogens with one attached hydrogen (secondary N) is 1. The van der Waals surface area contributed by atoms with Gasteiger partial charge in [-0.1, -0.05) is 41.6 Å². The fourth-order valence-corrected chi connectivity index (χ4v) is 2.57. The zero-order valence-electron chi connectivity index (χ0n) is 16.5. The zero-order valence-corrected chi connectivity index (χ0v) is 16.5. The molecule has 31 heavy (non-hydrogen) atoms. The topological polar surface area (TPSA) is 120 Å². The second kappa shape index (κ2) is 10.4. The van der Waals surface area contributed by atoms with Crippen LogP contribution in [0.5, 0.6) is 0 Å². The molecule has 0 aliphatic rings. The molecule has 0 saturated heterocycles. The summed E-state index contributed by atoms with van der Waals surface area (Å²) < 4.78 is 0. The summed E-state index contributed by atoms with van der Waals surface area (Å²) in [5, 5.41) is 17.3. The average Bonchev–Trinajstić information content (AvgIpc) is 2.78. The van der Waals surface area contributed by atoms with Gasteiger partial charge >= 0.3 is 0 Å². The minimum absolute atomic E-state index is 0.0306. The molecule has 0 spiro atoms. The quantitative estimate of drug-likeness (QED) is 0.186. The van der Waals surface area contributed by atoms with Crippen molar-refractivity contribution in [3.8, 4) is 0 Å². The van der Waals surface area contributed by atoms with Crippen molar-refractivity contribution in [1.29, 1.82) is 0 Å². The number of hydrogen-bond acceptors (Lipinski definition) is 6. The number of nitrogens with two attached hydrogens (primary N) is 1. The van der Waals surface area contributed by atoms with Crippen LogP contribution < -0.4 is 11.1 Å². The van der Waals surface area contributed by atoms with E-state index in [-0.39, 0.29) is 18.2 Å². The minimum atomic E-state index is -0.451. The van der Waals surface area contributed by atoms with E-state index in [4.69, 9.17) is 10.6 Å². The number of nitrogen functional groups attached to an aromatic ring is 1. The molecule has 0 atom stereocenters. The van der Waals surface area contributed by atoms with Crippen molar-refractivity contribution in [2.45, 2.75) is 6.61 Å². The summed E-state index contributed by atoms with van der Waals surface area (Å²) in [5.41, 5.74) is 9.35. The van der Waals surface area contributed by atoms with Gasteiger partial charge in [0.2, 0.25) is 5.91 Å². The molecule has 1 amide bonds. The summed E-state index contributed by atoms with van der Waals surface area (Å²) >= 11 is 0. The molecule has 0 saturated carbocycles. The molecule has 3 N–H and O–H groups in total. The lowest BCUT2D eigenvalue weighted by Crippen LogP contribution is -2.09. The number of benzene rings is 3. The van der Waals surface area contributed by atoms with Crippen LogP contribution in [0.4, 0.5) is 17.1 Å². The summed E-state index contributed by atoms with van der Waals surface area (Å²) in [7, 11) is 0. The number of carbonyl (C=O) groups excluding carboxylic acids is 1. The van der Waals surface area contributed by atoms with E-state index < -0.39 is 4.92 Å². The Bertz CT molecular complexity index is 1110. The van der Waals surface area contributed by atoms with Crippen LogP contribution in [0.1, 0.15) is 16.7 Å². The van der Waals surface area contributed by atoms with Crippen molar-refractivity contribution in [3.05, 3.63) is 106 Å². The van der Waals surface area contributed by atoms with Crippen LogP contribution in [-0.4, -0.2) is 17.0 Å². The van der Waals surface area contributed by atoms with Crippen LogP contribution in [0.2, 0.25) is 0 Å². The second-order valence-electron chi connectivity index (χ2n) is 6.51. The molecular weight excluding hydrogens is 396 g/mol. The fourth-order valence-electron chi connectivity index (χ4n) is 2.57. The van der Waals surface area contributed by atoms with E-state index in [1.165, 1.54) is 18.2 Å². The first-order valence-corrected chi connectivity index (χ1v) is 9.33. The van der Waals surface area contributed by atoms with E-state index in [0.29, 0.717) is 11.4 Å². The molecule has 8 nitrogen and oxygen atoms in total. The fraction of sp³-hybridized carbons (Fsp3) is 0.0435. The standard InChI is InChI=1S/C23H20N4O4/c24-21-3-1-2-4-22(21)26-23(28)14-11-17-5-7-18(8-6-17)15-25-31-16-19-9-12-20(13-10-19)27(29)30/h1-15H,16,24H2,(H,26,28)/b14-11+,25-15?. The molecule has 0 aliphatic carbocycles. The van der Waals surface area contributed by atoms with Crippen LogP contribution in [0.15, 0.2) is 84.0 Å². The number of nitro benzene ring substituents is 1. The van der Waals surface area contributed by atoms with Crippen LogP contribution in [0.25, 0.3) is 6.08 Å². The monoisotopic (exact) mass is 416 g/mol. The maximum absolute atomic E-state index is 12.0. The van der Waals surface area contributed by atoms with Gasteiger partial charge < -0.3 is 15.9 Å². The SMILES string of the molecule is Nc1ccccc1NC(=O)/C=C/c1ccc(C=NOCc2ccc([N+](=O)[O-])cc2)cc1. The average molecular weight is 416 g/mol. The summed E-state index contributed by atoms with van der Waals surface area (Å²) in [6.07, 6.45) is 4.69. The van der Waals surface area contributed by atoms with Gasteiger partial charge in [-0.15, -0.1) is 0 Å². The Labute approximate surface area is 178 Å². The summed E-state index contributed by atoms with van der Waals surface area (Å²) in [5.74, 6) is -0.275. The van der Waals surface area contributed by atoms with Crippen LogP contribution in [0.3, 0.4) is 0 Å². The van der Waals surface area contributed by atoms with Crippen LogP contribution in [-0.2, 0) is 16.2 Å². The molecule has 8 heteroatoms. The number of para-hydroxylation sites is 2. The first-order valence-electron chi connectivity index (χ1n) is 9.33. The van der Waals surface area contributed by atoms with E-state index in [2.05, 4.69) is 10.5 Å². The third-order valence-electron chi connectivity index (χ3n) is 4.24. The highest BCUT2D eigenvalue weighted by Crippen LogP contribution is 2.17. The van der Waals surface area contributed by atoms with Crippen molar-refractivity contribution in [2.24, 2.45) is 5.16 Å². The molecular formula is C23H20N4O4. The number of anilines is 2. The maximum Gasteiger partial charge on any atom is 0.269 e. The largest absolute Gasteiger partial charge is 0.397 e. The van der Waals surface area contributed by atoms with Crippen molar-refractivity contribution >= 4 is 35.3 Å². The first kappa shape index (κ1) is 21.3. The highest BCUT2D eigenvalue weighted by Gasteiger charge is 2.04. The Morgan fingerprint density at radius 1 is 1.03 bits per heavy atom. The molecule has 3 aromatic carbocycles. The van der Waals surface area contributed by atoms with Crippen molar-refractivity contribution in [1.82, 2.24) is 0 Å². The molecule has 0 heterocycles. The van der Waals surface area contributed by atoms with E-state index >= 15 is 0 Å². The lowest BCUT2D eigenvalue weighted by molar-refractivity contribution is -0.384. The van der Waals surface area contributed by atoms with Gasteiger partial charge in [-0.25, -0.2) is 0 Å². The maximum atomic E-state index is 12.0. The van der Waals surface area contributed by atoms with Gasteiger partial charge in [0.1, 0.15) is 6.61 Å². The van der Waals surface area contributed by atoms with E-state index in [0.717, 1.165) is 16.7 Å². The zero-order chi connectivity index (χ0) is 22.1. The number of non-ortho nitro benzene ring substituents is 1. The van der Waals surface area contributed by atoms with Crippen LogP contribution >= 0.6 is 0 Å². The minimum Gasteiger partial charge on any atom is -0.397 e. The number of nitro groups is 1. The smallest absolute Gasteiger partial charge is 0.269 e. The number of carbonyl (C=O) groups is 1. The molecule has 3 rings (SSSR count). The van der Waals surface area contributed by atoms with Crippen molar-refractivity contribution in [3.63, 3.8) is 0 Å². The molecule has 156 valence electrons. The third kappa shape index (κ3) is 6.53. The van der Waals surface area contributed by atoms with Gasteiger partial charge in [-0.05, 0) is 47.0 Å². The van der Waals surface area contributed by atoms with Crippen LogP contribution in [0, 0.1) is 10.1 Å². The first-order chi connectivity index (χ1) is 15.0. The third-order valence-corrected chi connectivity index (χ3v) is 4.24. The predicted octanol–water partition coefficient (Wildman–Crippen LogP) is 4.38. The highest BCUT2D eigenvalue weighted by molar-refractivity contribution is 6.03. The second-order valence-corrected chi connectivity index (χ2v) is 6.51. The Morgan fingerprint density at radius 2 is 1.71 bits per heavy atom. The lowest BCUT2D eigenvalue weighted by Gasteiger charge is -2.04. The highest BCUT2D eigenvalue weighted by atomic mass is 16.6. The number of hydrogen-bond donors (Lipinski definition) is 2. The number of oxime groups is 1. The summed E-state index contributed by atoms with van der Waals surface area (Å²) in [6.45, 7) is 0.205. The molecule has 0 fully saturated rings. The van der Waals surface area contributed by atoms with Crippen molar-refractivity contribution < 1.29 is 14.6 Å². The van der Waals surface area contributed by atoms with Crippen molar-refractivity contribution in [2.75, 3.05) is 11.1 Å². The van der Waals surface area contributed by atoms with Gasteiger partial charge in [-0.3, -0.25) is 14.9 Å². The number of rotatable bonds is 8.